The highest BCUT2D eigenvalue weighted by Crippen LogP contribution is 2.36. The number of aryl methyl sites for hydroxylation is 1. The molecule has 5 heteroatoms. The molecular weight excluding hydrogens is 326 g/mol. The number of aromatic nitrogens is 2. The molecule has 0 spiro atoms. The van der Waals surface area contributed by atoms with E-state index in [0.717, 1.165) is 22.5 Å². The van der Waals surface area contributed by atoms with E-state index in [1.165, 1.54) is 0 Å². The molecule has 0 bridgehead atoms. The summed E-state index contributed by atoms with van der Waals surface area (Å²) in [5, 5.41) is 13.3. The van der Waals surface area contributed by atoms with Crippen LogP contribution in [0.5, 0.6) is 5.75 Å². The van der Waals surface area contributed by atoms with Crippen LogP contribution in [-0.2, 0) is 6.42 Å². The van der Waals surface area contributed by atoms with Crippen molar-refractivity contribution in [3.8, 4) is 5.75 Å². The SMILES string of the molecule is Cc1cccc(Nc2ncc3c(n2)CC(c2ccccc2O)CC3=O)c1. The smallest absolute Gasteiger partial charge is 0.227 e. The van der Waals surface area contributed by atoms with Crippen LogP contribution < -0.4 is 5.32 Å². The Morgan fingerprint density at radius 2 is 1.96 bits per heavy atom. The Kier molecular flexibility index (Phi) is 4.13. The summed E-state index contributed by atoms with van der Waals surface area (Å²) in [6.45, 7) is 2.02. The number of phenolic OH excluding ortho intramolecular Hbond substituents is 1. The highest BCUT2D eigenvalue weighted by Gasteiger charge is 2.29. The molecule has 3 aromatic rings. The molecule has 1 aliphatic rings. The maximum absolute atomic E-state index is 12.5. The highest BCUT2D eigenvalue weighted by atomic mass is 16.3. The minimum absolute atomic E-state index is 0.0154. The maximum atomic E-state index is 12.5. The van der Waals surface area contributed by atoms with Crippen LogP contribution in [0, 0.1) is 6.92 Å². The zero-order valence-corrected chi connectivity index (χ0v) is 14.4. The molecule has 4 rings (SSSR count). The van der Waals surface area contributed by atoms with E-state index in [2.05, 4.69) is 15.3 Å². The number of hydrogen-bond acceptors (Lipinski definition) is 5. The van der Waals surface area contributed by atoms with Gasteiger partial charge in [0, 0.05) is 24.2 Å². The second-order valence-corrected chi connectivity index (χ2v) is 6.64. The Balaban J connectivity index is 1.64. The first kappa shape index (κ1) is 16.3. The van der Waals surface area contributed by atoms with Crippen LogP contribution in [0.4, 0.5) is 11.6 Å². The molecule has 0 radical (unpaired) electrons. The fraction of sp³-hybridized carbons (Fsp3) is 0.190. The predicted molar refractivity (Wildman–Crippen MR) is 100.0 cm³/mol. The third kappa shape index (κ3) is 3.16. The molecule has 1 atom stereocenters. The minimum atomic E-state index is -0.0714. The molecule has 130 valence electrons. The van der Waals surface area contributed by atoms with E-state index in [4.69, 9.17) is 0 Å². The lowest BCUT2D eigenvalue weighted by Gasteiger charge is -2.24. The summed E-state index contributed by atoms with van der Waals surface area (Å²) >= 11 is 0. The molecule has 5 nitrogen and oxygen atoms in total. The minimum Gasteiger partial charge on any atom is -0.508 e. The van der Waals surface area contributed by atoms with Gasteiger partial charge < -0.3 is 10.4 Å². The Morgan fingerprint density at radius 3 is 2.77 bits per heavy atom. The fourth-order valence-corrected chi connectivity index (χ4v) is 3.41. The summed E-state index contributed by atoms with van der Waals surface area (Å²) in [6, 6.07) is 15.1. The van der Waals surface area contributed by atoms with Crippen LogP contribution in [0.2, 0.25) is 0 Å². The van der Waals surface area contributed by atoms with Gasteiger partial charge in [-0.25, -0.2) is 9.97 Å². The Bertz CT molecular complexity index is 984. The van der Waals surface area contributed by atoms with Gasteiger partial charge in [0.25, 0.3) is 0 Å². The number of rotatable bonds is 3. The number of carbonyl (C=O) groups excluding carboxylic acids is 1. The molecule has 0 aliphatic heterocycles. The summed E-state index contributed by atoms with van der Waals surface area (Å²) < 4.78 is 0. The first-order valence-corrected chi connectivity index (χ1v) is 8.61. The van der Waals surface area contributed by atoms with E-state index in [1.54, 1.807) is 18.3 Å². The summed E-state index contributed by atoms with van der Waals surface area (Å²) in [6.07, 6.45) is 2.56. The standard InChI is InChI=1S/C21H19N3O2/c1-13-5-4-6-15(9-13)23-21-22-12-17-18(24-21)10-14(11-20(17)26)16-7-2-3-8-19(16)25/h2-9,12,14,25H,10-11H2,1H3,(H,22,23,24). The lowest BCUT2D eigenvalue weighted by atomic mass is 9.82. The van der Waals surface area contributed by atoms with E-state index in [9.17, 15) is 9.90 Å². The molecule has 26 heavy (non-hydrogen) atoms. The lowest BCUT2D eigenvalue weighted by molar-refractivity contribution is 0.0962. The van der Waals surface area contributed by atoms with Crippen LogP contribution in [0.15, 0.2) is 54.7 Å². The summed E-state index contributed by atoms with van der Waals surface area (Å²) in [7, 11) is 0. The zero-order valence-electron chi connectivity index (χ0n) is 14.4. The van der Waals surface area contributed by atoms with Gasteiger partial charge in [0.05, 0.1) is 11.3 Å². The molecular formula is C21H19N3O2. The Labute approximate surface area is 151 Å². The van der Waals surface area contributed by atoms with Gasteiger partial charge in [-0.15, -0.1) is 0 Å². The average Bonchev–Trinajstić information content (AvgIpc) is 2.62. The number of carbonyl (C=O) groups is 1. The van der Waals surface area contributed by atoms with Gasteiger partial charge in [-0.1, -0.05) is 30.3 Å². The molecule has 0 saturated carbocycles. The molecule has 2 N–H and O–H groups in total. The van der Waals surface area contributed by atoms with Crippen molar-refractivity contribution >= 4 is 17.4 Å². The van der Waals surface area contributed by atoms with E-state index in [0.29, 0.717) is 24.4 Å². The van der Waals surface area contributed by atoms with E-state index < -0.39 is 0 Å². The molecule has 0 amide bonds. The maximum Gasteiger partial charge on any atom is 0.227 e. The predicted octanol–water partition coefficient (Wildman–Crippen LogP) is 4.15. The quantitative estimate of drug-likeness (QED) is 0.746. The highest BCUT2D eigenvalue weighted by molar-refractivity contribution is 5.98. The second-order valence-electron chi connectivity index (χ2n) is 6.64. The fourth-order valence-electron chi connectivity index (χ4n) is 3.41. The molecule has 1 unspecified atom stereocenters. The average molecular weight is 345 g/mol. The summed E-state index contributed by atoms with van der Waals surface area (Å²) in [4.78, 5) is 21.4. The van der Waals surface area contributed by atoms with Gasteiger partial charge in [-0.3, -0.25) is 4.79 Å². The third-order valence-electron chi connectivity index (χ3n) is 4.69. The number of aromatic hydroxyl groups is 1. The van der Waals surface area contributed by atoms with E-state index in [-0.39, 0.29) is 17.5 Å². The summed E-state index contributed by atoms with van der Waals surface area (Å²) in [5.74, 6) is 0.639. The van der Waals surface area contributed by atoms with Gasteiger partial charge in [-0.2, -0.15) is 0 Å². The van der Waals surface area contributed by atoms with Gasteiger partial charge in [0.15, 0.2) is 5.78 Å². The number of fused-ring (bicyclic) bond motifs is 1. The summed E-state index contributed by atoms with van der Waals surface area (Å²) in [5.41, 5.74) is 4.14. The molecule has 1 aromatic heterocycles. The number of nitrogens with one attached hydrogen (secondary N) is 1. The number of nitrogens with zero attached hydrogens (tertiary/aromatic N) is 2. The van der Waals surface area contributed by atoms with Crippen LogP contribution in [-0.4, -0.2) is 20.9 Å². The Morgan fingerprint density at radius 1 is 1.12 bits per heavy atom. The number of ketones is 1. The van der Waals surface area contributed by atoms with Crippen molar-refractivity contribution in [3.63, 3.8) is 0 Å². The topological polar surface area (TPSA) is 75.1 Å². The first-order valence-electron chi connectivity index (χ1n) is 8.61. The van der Waals surface area contributed by atoms with Crippen LogP contribution >= 0.6 is 0 Å². The lowest BCUT2D eigenvalue weighted by Crippen LogP contribution is -2.21. The van der Waals surface area contributed by atoms with Gasteiger partial charge in [-0.05, 0) is 42.7 Å². The van der Waals surface area contributed by atoms with Crippen LogP contribution in [0.25, 0.3) is 0 Å². The zero-order chi connectivity index (χ0) is 18.1. The number of hydrogen-bond donors (Lipinski definition) is 2. The number of phenols is 1. The van der Waals surface area contributed by atoms with Crippen LogP contribution in [0.1, 0.15) is 39.5 Å². The second kappa shape index (κ2) is 6.59. The number of anilines is 2. The number of Topliss-reactive ketones (excluding diaryl/α,β-unsaturated/α-hetero) is 1. The largest absolute Gasteiger partial charge is 0.508 e. The molecule has 0 fully saturated rings. The van der Waals surface area contributed by atoms with E-state index >= 15 is 0 Å². The molecule has 2 aromatic carbocycles. The van der Waals surface area contributed by atoms with Gasteiger partial charge >= 0.3 is 0 Å². The van der Waals surface area contributed by atoms with Crippen molar-refractivity contribution < 1.29 is 9.90 Å². The van der Waals surface area contributed by atoms with Crippen molar-refractivity contribution in [1.82, 2.24) is 9.97 Å². The monoisotopic (exact) mass is 345 g/mol. The van der Waals surface area contributed by atoms with Gasteiger partial charge in [0.1, 0.15) is 5.75 Å². The molecule has 1 aliphatic carbocycles. The third-order valence-corrected chi connectivity index (χ3v) is 4.69. The molecule has 0 saturated heterocycles. The number of benzene rings is 2. The van der Waals surface area contributed by atoms with Crippen LogP contribution in [0.3, 0.4) is 0 Å². The van der Waals surface area contributed by atoms with Crippen molar-refractivity contribution in [1.29, 1.82) is 0 Å². The van der Waals surface area contributed by atoms with Crippen molar-refractivity contribution in [2.75, 3.05) is 5.32 Å². The normalized spacial score (nSPS) is 16.2. The van der Waals surface area contributed by atoms with Crippen molar-refractivity contribution in [2.24, 2.45) is 0 Å². The first-order chi connectivity index (χ1) is 12.6. The van der Waals surface area contributed by atoms with Crippen molar-refractivity contribution in [2.45, 2.75) is 25.7 Å². The number of para-hydroxylation sites is 1. The van der Waals surface area contributed by atoms with Crippen molar-refractivity contribution in [3.05, 3.63) is 77.1 Å². The van der Waals surface area contributed by atoms with Gasteiger partial charge in [0.2, 0.25) is 5.95 Å². The van der Waals surface area contributed by atoms with E-state index in [1.807, 2.05) is 43.3 Å². The Hall–Kier alpha value is -3.21. The molecule has 1 heterocycles.